The van der Waals surface area contributed by atoms with E-state index in [0.717, 1.165) is 43.2 Å². The Morgan fingerprint density at radius 2 is 2.14 bits per heavy atom. The topological polar surface area (TPSA) is 78.0 Å². The normalized spacial score (nSPS) is 16.9. The second-order valence-electron chi connectivity index (χ2n) is 6.42. The van der Waals surface area contributed by atoms with Crippen LogP contribution in [-0.4, -0.2) is 64.3 Å². The van der Waals surface area contributed by atoms with Crippen LogP contribution in [0.3, 0.4) is 0 Å². The number of carbonyl (C=O) groups is 1. The monoisotopic (exact) mass is 523 g/mol. The van der Waals surface area contributed by atoms with Crippen LogP contribution in [0.5, 0.6) is 0 Å². The van der Waals surface area contributed by atoms with Gasteiger partial charge >= 0.3 is 0 Å². The molecule has 1 amide bonds. The van der Waals surface area contributed by atoms with Crippen LogP contribution in [0.15, 0.2) is 29.3 Å². The minimum absolute atomic E-state index is 0. The van der Waals surface area contributed by atoms with E-state index in [-0.39, 0.29) is 42.5 Å². The molecule has 9 heteroatoms. The van der Waals surface area contributed by atoms with Crippen LogP contribution in [0.4, 0.5) is 5.69 Å². The highest BCUT2D eigenvalue weighted by atomic mass is 127. The molecule has 1 aromatic rings. The average molecular weight is 524 g/mol. The van der Waals surface area contributed by atoms with Crippen molar-refractivity contribution in [3.63, 3.8) is 0 Å². The first-order chi connectivity index (χ1) is 13.1. The van der Waals surface area contributed by atoms with Crippen LogP contribution in [0.1, 0.15) is 19.8 Å². The van der Waals surface area contributed by atoms with E-state index >= 15 is 0 Å². The molecule has 0 spiro atoms. The van der Waals surface area contributed by atoms with Crippen LogP contribution in [0.2, 0.25) is 5.02 Å². The third kappa shape index (κ3) is 8.40. The molecule has 0 saturated carbocycles. The SMILES string of the molecule is CCNC(=NCC(=O)NCCOC)NC1CCCN(c2ccccc2Cl)C1.I. The lowest BCUT2D eigenvalue weighted by Crippen LogP contribution is -2.51. The number of nitrogens with one attached hydrogen (secondary N) is 3. The fourth-order valence-corrected chi connectivity index (χ4v) is 3.29. The molecule has 1 atom stereocenters. The number of piperidine rings is 1. The smallest absolute Gasteiger partial charge is 0.241 e. The number of anilines is 1. The third-order valence-electron chi connectivity index (χ3n) is 4.31. The number of ether oxygens (including phenoxy) is 1. The highest BCUT2D eigenvalue weighted by Crippen LogP contribution is 2.27. The minimum atomic E-state index is -0.120. The first kappa shape index (κ1) is 24.8. The summed E-state index contributed by atoms with van der Waals surface area (Å²) in [5, 5.41) is 10.2. The molecule has 7 nitrogen and oxygen atoms in total. The number of carbonyl (C=O) groups excluding carboxylic acids is 1. The van der Waals surface area contributed by atoms with Crippen molar-refractivity contribution in [1.29, 1.82) is 0 Å². The molecule has 1 aliphatic rings. The molecule has 1 fully saturated rings. The van der Waals surface area contributed by atoms with Crippen molar-refractivity contribution >= 4 is 53.1 Å². The summed E-state index contributed by atoms with van der Waals surface area (Å²) in [5.41, 5.74) is 1.06. The Balaban J connectivity index is 0.00000392. The zero-order chi connectivity index (χ0) is 19.5. The lowest BCUT2D eigenvalue weighted by molar-refractivity contribution is -0.119. The van der Waals surface area contributed by atoms with Gasteiger partial charge < -0.3 is 25.6 Å². The molecule has 0 bridgehead atoms. The lowest BCUT2D eigenvalue weighted by Gasteiger charge is -2.35. The van der Waals surface area contributed by atoms with E-state index in [0.29, 0.717) is 19.1 Å². The predicted molar refractivity (Wildman–Crippen MR) is 126 cm³/mol. The molecule has 1 aromatic carbocycles. The molecule has 0 aliphatic carbocycles. The van der Waals surface area contributed by atoms with Crippen LogP contribution in [0, 0.1) is 0 Å². The van der Waals surface area contributed by atoms with Crippen LogP contribution >= 0.6 is 35.6 Å². The van der Waals surface area contributed by atoms with Crippen LogP contribution in [-0.2, 0) is 9.53 Å². The number of benzene rings is 1. The number of hydrogen-bond acceptors (Lipinski definition) is 4. The van der Waals surface area contributed by atoms with Crippen molar-refractivity contribution in [3.8, 4) is 0 Å². The van der Waals surface area contributed by atoms with Gasteiger partial charge in [0.25, 0.3) is 0 Å². The number of nitrogens with zero attached hydrogens (tertiary/aromatic N) is 2. The summed E-state index contributed by atoms with van der Waals surface area (Å²) in [5.74, 6) is 0.538. The van der Waals surface area contributed by atoms with Gasteiger partial charge in [0.2, 0.25) is 5.91 Å². The summed E-state index contributed by atoms with van der Waals surface area (Å²) in [7, 11) is 1.60. The van der Waals surface area contributed by atoms with Crippen molar-refractivity contribution in [2.45, 2.75) is 25.8 Å². The van der Waals surface area contributed by atoms with Gasteiger partial charge in [-0.3, -0.25) is 4.79 Å². The maximum Gasteiger partial charge on any atom is 0.241 e. The van der Waals surface area contributed by atoms with Gasteiger partial charge in [-0.25, -0.2) is 4.99 Å². The summed E-state index contributed by atoms with van der Waals surface area (Å²) in [6.45, 7) is 5.63. The van der Waals surface area contributed by atoms with Crippen LogP contribution < -0.4 is 20.9 Å². The maximum atomic E-state index is 11.8. The number of aliphatic imine (C=N–C) groups is 1. The van der Waals surface area contributed by atoms with Crippen molar-refractivity contribution in [2.24, 2.45) is 4.99 Å². The Bertz CT molecular complexity index is 632. The van der Waals surface area contributed by atoms with Crippen molar-refractivity contribution in [1.82, 2.24) is 16.0 Å². The van der Waals surface area contributed by atoms with Gasteiger partial charge in [-0.15, -0.1) is 24.0 Å². The van der Waals surface area contributed by atoms with Gasteiger partial charge in [-0.2, -0.15) is 0 Å². The molecule has 1 saturated heterocycles. The molecule has 158 valence electrons. The van der Waals surface area contributed by atoms with E-state index in [4.69, 9.17) is 16.3 Å². The first-order valence-electron chi connectivity index (χ1n) is 9.44. The van der Waals surface area contributed by atoms with Gasteiger partial charge in [0.15, 0.2) is 5.96 Å². The van der Waals surface area contributed by atoms with Crippen molar-refractivity contribution in [3.05, 3.63) is 29.3 Å². The summed E-state index contributed by atoms with van der Waals surface area (Å²) in [6, 6.07) is 8.16. The fraction of sp³-hybridized carbons (Fsp3) is 0.579. The number of rotatable bonds is 8. The van der Waals surface area contributed by atoms with Gasteiger partial charge in [0, 0.05) is 39.3 Å². The lowest BCUT2D eigenvalue weighted by atomic mass is 10.0. The van der Waals surface area contributed by atoms with Gasteiger partial charge in [-0.1, -0.05) is 23.7 Å². The third-order valence-corrected chi connectivity index (χ3v) is 4.63. The molecule has 1 heterocycles. The Hall–Kier alpha value is -1.26. The maximum absolute atomic E-state index is 11.8. The second kappa shape index (κ2) is 13.8. The highest BCUT2D eigenvalue weighted by molar-refractivity contribution is 14.0. The predicted octanol–water partition coefficient (Wildman–Crippen LogP) is 2.24. The molecule has 2 rings (SSSR count). The molecular formula is C19H31ClIN5O2. The van der Waals surface area contributed by atoms with E-state index in [2.05, 4.69) is 25.8 Å². The molecular weight excluding hydrogens is 493 g/mol. The molecule has 3 N–H and O–H groups in total. The number of halogens is 2. The Morgan fingerprint density at radius 1 is 1.36 bits per heavy atom. The molecule has 1 aliphatic heterocycles. The molecule has 0 aromatic heterocycles. The second-order valence-corrected chi connectivity index (χ2v) is 6.83. The number of para-hydroxylation sites is 1. The quantitative estimate of drug-likeness (QED) is 0.211. The van der Waals surface area contributed by atoms with E-state index < -0.39 is 0 Å². The number of amides is 1. The van der Waals surface area contributed by atoms with Crippen LogP contribution in [0.25, 0.3) is 0 Å². The average Bonchev–Trinajstić information content (AvgIpc) is 2.67. The zero-order valence-electron chi connectivity index (χ0n) is 16.5. The highest BCUT2D eigenvalue weighted by Gasteiger charge is 2.22. The van der Waals surface area contributed by atoms with Crippen molar-refractivity contribution < 1.29 is 9.53 Å². The Kier molecular flexibility index (Phi) is 12.2. The Morgan fingerprint density at radius 3 is 2.86 bits per heavy atom. The number of guanidine groups is 1. The largest absolute Gasteiger partial charge is 0.383 e. The number of hydrogen-bond donors (Lipinski definition) is 3. The molecule has 1 unspecified atom stereocenters. The Labute approximate surface area is 189 Å². The van der Waals surface area contributed by atoms with E-state index in [9.17, 15) is 4.79 Å². The van der Waals surface area contributed by atoms with Crippen molar-refractivity contribution in [2.75, 3.05) is 51.3 Å². The summed E-state index contributed by atoms with van der Waals surface area (Å²) >= 11 is 6.35. The summed E-state index contributed by atoms with van der Waals surface area (Å²) in [6.07, 6.45) is 2.12. The van der Waals surface area contributed by atoms with Gasteiger partial charge in [-0.05, 0) is 31.9 Å². The fourth-order valence-electron chi connectivity index (χ4n) is 3.03. The van der Waals surface area contributed by atoms with Gasteiger partial charge in [0.1, 0.15) is 6.54 Å². The zero-order valence-corrected chi connectivity index (χ0v) is 19.6. The van der Waals surface area contributed by atoms with Gasteiger partial charge in [0.05, 0.1) is 17.3 Å². The minimum Gasteiger partial charge on any atom is -0.383 e. The first-order valence-corrected chi connectivity index (χ1v) is 9.81. The number of methoxy groups -OCH3 is 1. The standard InChI is InChI=1S/C19H30ClN5O2.HI/c1-3-21-19(23-13-18(26)22-10-12-27-2)24-15-7-6-11-25(14-15)17-9-5-4-8-16(17)20;/h4-5,8-9,15H,3,6-7,10-14H2,1-2H3,(H,22,26)(H2,21,23,24);1H. The van der Waals surface area contributed by atoms with E-state index in [1.54, 1.807) is 7.11 Å². The molecule has 28 heavy (non-hydrogen) atoms. The molecule has 0 radical (unpaired) electrons. The summed E-state index contributed by atoms with van der Waals surface area (Å²) in [4.78, 5) is 18.5. The van der Waals surface area contributed by atoms with E-state index in [1.165, 1.54) is 0 Å². The summed E-state index contributed by atoms with van der Waals surface area (Å²) < 4.78 is 4.92. The van der Waals surface area contributed by atoms with E-state index in [1.807, 2.05) is 31.2 Å².